The first-order valence-electron chi connectivity index (χ1n) is 9.89. The third-order valence-corrected chi connectivity index (χ3v) is 4.92. The Labute approximate surface area is 175 Å². The van der Waals surface area contributed by atoms with Crippen molar-refractivity contribution in [2.45, 2.75) is 12.8 Å². The van der Waals surface area contributed by atoms with E-state index >= 15 is 0 Å². The lowest BCUT2D eigenvalue weighted by Gasteiger charge is -2.30. The molecule has 152 valence electrons. The molecule has 2 amide bonds. The average molecular weight is 401 g/mol. The highest BCUT2D eigenvalue weighted by Crippen LogP contribution is 2.26. The molecule has 0 atom stereocenters. The number of rotatable bonds is 5. The number of fused-ring (bicyclic) bond motifs is 1. The molecule has 1 aromatic heterocycles. The summed E-state index contributed by atoms with van der Waals surface area (Å²) < 4.78 is 1.73. The predicted octanol–water partition coefficient (Wildman–Crippen LogP) is 2.49. The first-order chi connectivity index (χ1) is 14.7. The number of hydrogen-bond donors (Lipinski definition) is 2. The fourth-order valence-electron chi connectivity index (χ4n) is 3.48. The van der Waals surface area contributed by atoms with Crippen molar-refractivity contribution in [2.75, 3.05) is 18.0 Å². The van der Waals surface area contributed by atoms with Gasteiger partial charge in [0.25, 0.3) is 11.8 Å². The van der Waals surface area contributed by atoms with E-state index in [4.69, 9.17) is 0 Å². The molecule has 7 heteroatoms. The van der Waals surface area contributed by atoms with Crippen LogP contribution in [0.25, 0.3) is 11.8 Å². The summed E-state index contributed by atoms with van der Waals surface area (Å²) in [6.45, 7) is 1.02. The average Bonchev–Trinajstić information content (AvgIpc) is 3.26. The molecule has 2 heterocycles. The van der Waals surface area contributed by atoms with Crippen molar-refractivity contribution in [1.29, 1.82) is 0 Å². The number of carbonyl (C=O) groups is 2. The first kappa shape index (κ1) is 19.4. The molecular formula is C23H23N5O2. The molecule has 3 aromatic rings. The van der Waals surface area contributed by atoms with E-state index < -0.39 is 5.91 Å². The summed E-state index contributed by atoms with van der Waals surface area (Å²) in [6.07, 6.45) is 8.54. The zero-order chi connectivity index (χ0) is 20.8. The topological polar surface area (TPSA) is 79.3 Å². The Hall–Kier alpha value is -3.87. The van der Waals surface area contributed by atoms with Crippen molar-refractivity contribution in [1.82, 2.24) is 20.6 Å². The summed E-state index contributed by atoms with van der Waals surface area (Å²) in [5.41, 5.74) is 8.96. The lowest BCUT2D eigenvalue weighted by atomic mass is 10.0. The van der Waals surface area contributed by atoms with Crippen LogP contribution in [0.4, 0.5) is 5.69 Å². The maximum absolute atomic E-state index is 12.3. The molecule has 7 nitrogen and oxygen atoms in total. The lowest BCUT2D eigenvalue weighted by molar-refractivity contribution is -0.125. The molecule has 30 heavy (non-hydrogen) atoms. The van der Waals surface area contributed by atoms with Crippen LogP contribution in [0.3, 0.4) is 0 Å². The summed E-state index contributed by atoms with van der Waals surface area (Å²) in [5, 5.41) is 4.28. The van der Waals surface area contributed by atoms with Gasteiger partial charge in [-0.15, -0.1) is 0 Å². The van der Waals surface area contributed by atoms with Gasteiger partial charge in [0.15, 0.2) is 0 Å². The molecule has 4 rings (SSSR count). The number of para-hydroxylation sites is 2. The number of aryl methyl sites for hydroxylation is 1. The number of hydrazine groups is 1. The third-order valence-electron chi connectivity index (χ3n) is 4.92. The van der Waals surface area contributed by atoms with E-state index in [9.17, 15) is 9.59 Å². The van der Waals surface area contributed by atoms with Crippen molar-refractivity contribution >= 4 is 23.6 Å². The SMILES string of the molecule is O=C(/C=C/c1cnn(-c2ccccc2)c1)NNC(=O)CN1CCCc2ccccc21. The van der Waals surface area contributed by atoms with Crippen LogP contribution in [0, 0.1) is 0 Å². The zero-order valence-corrected chi connectivity index (χ0v) is 16.5. The monoisotopic (exact) mass is 401 g/mol. The number of benzene rings is 2. The standard InChI is InChI=1S/C23H23N5O2/c29-22(13-12-18-15-24-28(16-18)20-9-2-1-3-10-20)25-26-23(30)17-27-14-6-8-19-7-4-5-11-21(19)27/h1-5,7,9-13,15-16H,6,8,14,17H2,(H,25,29)(H,26,30)/b13-12+. The van der Waals surface area contributed by atoms with Gasteiger partial charge in [-0.2, -0.15) is 5.10 Å². The van der Waals surface area contributed by atoms with Gasteiger partial charge in [0.2, 0.25) is 0 Å². The van der Waals surface area contributed by atoms with Gasteiger partial charge in [-0.1, -0.05) is 36.4 Å². The molecule has 1 aliphatic heterocycles. The molecular weight excluding hydrogens is 378 g/mol. The molecule has 0 aliphatic carbocycles. The van der Waals surface area contributed by atoms with Crippen LogP contribution in [0.2, 0.25) is 0 Å². The van der Waals surface area contributed by atoms with E-state index in [1.54, 1.807) is 17.0 Å². The van der Waals surface area contributed by atoms with Gasteiger partial charge in [0, 0.05) is 30.1 Å². The lowest BCUT2D eigenvalue weighted by Crippen LogP contribution is -2.47. The van der Waals surface area contributed by atoms with Crippen LogP contribution in [-0.2, 0) is 16.0 Å². The summed E-state index contributed by atoms with van der Waals surface area (Å²) in [5.74, 6) is -0.666. The maximum atomic E-state index is 12.3. The van der Waals surface area contributed by atoms with Gasteiger partial charge in [-0.3, -0.25) is 20.4 Å². The Morgan fingerprint density at radius 2 is 1.83 bits per heavy atom. The van der Waals surface area contributed by atoms with Crippen LogP contribution >= 0.6 is 0 Å². The minimum absolute atomic E-state index is 0.199. The van der Waals surface area contributed by atoms with E-state index in [0.29, 0.717) is 0 Å². The summed E-state index contributed by atoms with van der Waals surface area (Å²) in [6, 6.07) is 17.8. The second-order valence-electron chi connectivity index (χ2n) is 7.08. The molecule has 2 aromatic carbocycles. The Kier molecular flexibility index (Phi) is 5.89. The number of nitrogens with zero attached hydrogens (tertiary/aromatic N) is 3. The molecule has 2 N–H and O–H groups in total. The minimum Gasteiger partial charge on any atom is -0.362 e. The molecule has 0 spiro atoms. The Bertz CT molecular complexity index is 1060. The summed E-state index contributed by atoms with van der Waals surface area (Å²) >= 11 is 0. The number of carbonyl (C=O) groups excluding carboxylic acids is 2. The first-order valence-corrected chi connectivity index (χ1v) is 9.89. The highest BCUT2D eigenvalue weighted by Gasteiger charge is 2.18. The van der Waals surface area contributed by atoms with Crippen LogP contribution < -0.4 is 15.8 Å². The molecule has 0 unspecified atom stereocenters. The Morgan fingerprint density at radius 3 is 2.70 bits per heavy atom. The van der Waals surface area contributed by atoms with Crippen LogP contribution in [-0.4, -0.2) is 34.7 Å². The van der Waals surface area contributed by atoms with E-state index in [1.807, 2.05) is 59.6 Å². The second kappa shape index (κ2) is 9.09. The fraction of sp³-hybridized carbons (Fsp3) is 0.174. The van der Waals surface area contributed by atoms with Crippen molar-refractivity contribution in [3.8, 4) is 5.69 Å². The van der Waals surface area contributed by atoms with Crippen molar-refractivity contribution < 1.29 is 9.59 Å². The van der Waals surface area contributed by atoms with Crippen molar-refractivity contribution in [3.05, 3.63) is 84.2 Å². The second-order valence-corrected chi connectivity index (χ2v) is 7.08. The molecule has 0 saturated heterocycles. The predicted molar refractivity (Wildman–Crippen MR) is 116 cm³/mol. The fourth-order valence-corrected chi connectivity index (χ4v) is 3.48. The third kappa shape index (κ3) is 4.75. The van der Waals surface area contributed by atoms with Crippen LogP contribution in [0.1, 0.15) is 17.5 Å². The summed E-state index contributed by atoms with van der Waals surface area (Å²) in [4.78, 5) is 26.3. The number of hydrogen-bond acceptors (Lipinski definition) is 4. The summed E-state index contributed by atoms with van der Waals surface area (Å²) in [7, 11) is 0. The number of anilines is 1. The van der Waals surface area contributed by atoms with Gasteiger partial charge in [0.05, 0.1) is 18.4 Å². The van der Waals surface area contributed by atoms with Crippen LogP contribution in [0.15, 0.2) is 73.1 Å². The van der Waals surface area contributed by atoms with Crippen molar-refractivity contribution in [3.63, 3.8) is 0 Å². The Balaban J connectivity index is 1.27. The normalized spacial score (nSPS) is 13.1. The minimum atomic E-state index is -0.408. The van der Waals surface area contributed by atoms with E-state index in [1.165, 1.54) is 11.6 Å². The number of aromatic nitrogens is 2. The molecule has 0 saturated carbocycles. The van der Waals surface area contributed by atoms with E-state index in [2.05, 4.69) is 22.0 Å². The quantitative estimate of drug-likeness (QED) is 0.509. The largest absolute Gasteiger partial charge is 0.362 e. The van der Waals surface area contributed by atoms with Gasteiger partial charge in [-0.05, 0) is 42.7 Å². The number of amides is 2. The molecule has 0 bridgehead atoms. The zero-order valence-electron chi connectivity index (χ0n) is 16.5. The van der Waals surface area contributed by atoms with Gasteiger partial charge >= 0.3 is 0 Å². The van der Waals surface area contributed by atoms with Gasteiger partial charge in [-0.25, -0.2) is 4.68 Å². The van der Waals surface area contributed by atoms with Gasteiger partial charge in [0.1, 0.15) is 0 Å². The molecule has 1 aliphatic rings. The highest BCUT2D eigenvalue weighted by atomic mass is 16.2. The number of nitrogens with one attached hydrogen (secondary N) is 2. The van der Waals surface area contributed by atoms with Crippen LogP contribution in [0.5, 0.6) is 0 Å². The molecule has 0 fully saturated rings. The molecule has 0 radical (unpaired) electrons. The van der Waals surface area contributed by atoms with Gasteiger partial charge < -0.3 is 4.90 Å². The van der Waals surface area contributed by atoms with Crippen molar-refractivity contribution in [2.24, 2.45) is 0 Å². The Morgan fingerprint density at radius 1 is 1.03 bits per heavy atom. The smallest absolute Gasteiger partial charge is 0.262 e. The highest BCUT2D eigenvalue weighted by molar-refractivity contribution is 5.93. The maximum Gasteiger partial charge on any atom is 0.262 e. The van der Waals surface area contributed by atoms with E-state index in [0.717, 1.165) is 36.3 Å². The van der Waals surface area contributed by atoms with E-state index in [-0.39, 0.29) is 12.5 Å².